The highest BCUT2D eigenvalue weighted by Crippen LogP contribution is 2.16. The van der Waals surface area contributed by atoms with Crippen LogP contribution in [0.2, 0.25) is 0 Å². The summed E-state index contributed by atoms with van der Waals surface area (Å²) in [6.45, 7) is 4.02. The summed E-state index contributed by atoms with van der Waals surface area (Å²) in [6.07, 6.45) is 3.37. The summed E-state index contributed by atoms with van der Waals surface area (Å²) in [5.41, 5.74) is 8.10. The van der Waals surface area contributed by atoms with E-state index in [1.54, 1.807) is 16.8 Å². The molecule has 0 spiro atoms. The summed E-state index contributed by atoms with van der Waals surface area (Å²) >= 11 is 1.15. The van der Waals surface area contributed by atoms with Gasteiger partial charge in [-0.2, -0.15) is 0 Å². The van der Waals surface area contributed by atoms with E-state index in [9.17, 15) is 9.59 Å². The average molecular weight is 329 g/mol. The molecule has 0 radical (unpaired) electrons. The molecule has 0 aliphatic carbocycles. The number of rotatable bonds is 4. The Labute approximate surface area is 136 Å². The smallest absolute Gasteiger partial charge is 0.300 e. The second-order valence-corrected chi connectivity index (χ2v) is 6.12. The first-order chi connectivity index (χ1) is 11.0. The molecule has 2 N–H and O–H groups in total. The summed E-state index contributed by atoms with van der Waals surface area (Å²) in [4.78, 5) is 23.5. The maximum Gasteiger partial charge on any atom is 0.300 e. The highest BCUT2D eigenvalue weighted by atomic mass is 32.2. The van der Waals surface area contributed by atoms with Crippen molar-refractivity contribution in [1.82, 2.24) is 19.2 Å². The third-order valence-corrected chi connectivity index (χ3v) is 4.52. The van der Waals surface area contributed by atoms with E-state index in [2.05, 4.69) is 10.2 Å². The molecule has 0 saturated carbocycles. The van der Waals surface area contributed by atoms with Crippen LogP contribution in [0, 0.1) is 13.8 Å². The molecular weight excluding hydrogens is 314 g/mol. The Morgan fingerprint density at radius 3 is 2.70 bits per heavy atom. The van der Waals surface area contributed by atoms with E-state index in [1.165, 1.54) is 4.57 Å². The summed E-state index contributed by atoms with van der Waals surface area (Å²) in [5, 5.41) is 8.34. The maximum atomic E-state index is 12.6. The molecule has 0 fully saturated rings. The molecule has 0 unspecified atom stereocenters. The molecule has 0 atom stereocenters. The zero-order valence-electron chi connectivity index (χ0n) is 12.7. The van der Waals surface area contributed by atoms with Crippen molar-refractivity contribution in [3.05, 3.63) is 52.1 Å². The molecule has 0 saturated heterocycles. The number of aromatic nitrogens is 4. The van der Waals surface area contributed by atoms with Gasteiger partial charge in [0.15, 0.2) is 5.16 Å². The van der Waals surface area contributed by atoms with Gasteiger partial charge >= 0.3 is 5.56 Å². The van der Waals surface area contributed by atoms with Crippen LogP contribution in [0.5, 0.6) is 0 Å². The van der Waals surface area contributed by atoms with Crippen molar-refractivity contribution in [2.75, 3.05) is 5.75 Å². The van der Waals surface area contributed by atoms with Crippen LogP contribution in [0.15, 0.2) is 40.5 Å². The van der Waals surface area contributed by atoms with E-state index in [-0.39, 0.29) is 17.0 Å². The number of hydrogen-bond donors (Lipinski definition) is 1. The predicted molar refractivity (Wildman–Crippen MR) is 88.0 cm³/mol. The number of carbonyl (C=O) groups is 1. The molecule has 1 amide bonds. The molecule has 7 nitrogen and oxygen atoms in total. The number of thioether (sulfide) groups is 1. The summed E-state index contributed by atoms with van der Waals surface area (Å²) in [5.74, 6) is -0.365. The monoisotopic (exact) mass is 329 g/mol. The lowest BCUT2D eigenvalue weighted by Crippen LogP contribution is -2.20. The van der Waals surface area contributed by atoms with E-state index in [0.717, 1.165) is 28.6 Å². The molecule has 8 heteroatoms. The zero-order valence-corrected chi connectivity index (χ0v) is 13.5. The highest BCUT2D eigenvalue weighted by Gasteiger charge is 2.12. The third-order valence-electron chi connectivity index (χ3n) is 3.55. The first-order valence-corrected chi connectivity index (χ1v) is 7.91. The first kappa shape index (κ1) is 15.3. The molecule has 0 aliphatic heterocycles. The van der Waals surface area contributed by atoms with Crippen LogP contribution in [0.4, 0.5) is 0 Å². The van der Waals surface area contributed by atoms with Gasteiger partial charge in [0.1, 0.15) is 0 Å². The molecule has 2 aromatic heterocycles. The predicted octanol–water partition coefficient (Wildman–Crippen LogP) is 1.07. The Bertz CT molecular complexity index is 960. The Morgan fingerprint density at radius 2 is 2.00 bits per heavy atom. The second-order valence-electron chi connectivity index (χ2n) is 5.17. The number of aryl methyl sites for hydroxylation is 2. The van der Waals surface area contributed by atoms with Gasteiger partial charge in [-0.15, -0.1) is 10.2 Å². The molecule has 3 aromatic rings. The molecule has 0 bridgehead atoms. The third kappa shape index (κ3) is 2.85. The minimum Gasteiger partial charge on any atom is -0.369 e. The van der Waals surface area contributed by atoms with Crippen molar-refractivity contribution in [3.63, 3.8) is 0 Å². The van der Waals surface area contributed by atoms with E-state index in [4.69, 9.17) is 5.73 Å². The number of amides is 1. The maximum absolute atomic E-state index is 12.6. The van der Waals surface area contributed by atoms with Crippen molar-refractivity contribution < 1.29 is 4.79 Å². The Balaban J connectivity index is 2.07. The minimum atomic E-state index is -0.449. The standard InChI is InChI=1S/C15H15N5O2S/c1-9-3-4-11(7-10(9)2)19-5-6-20-13(14(19)22)17-18-15(20)23-8-12(16)21/h3-7H,8H2,1-2H3,(H2,16,21). The van der Waals surface area contributed by atoms with E-state index in [0.29, 0.717) is 5.16 Å². The lowest BCUT2D eigenvalue weighted by molar-refractivity contribution is -0.115. The van der Waals surface area contributed by atoms with Crippen molar-refractivity contribution >= 4 is 23.3 Å². The lowest BCUT2D eigenvalue weighted by Gasteiger charge is -2.08. The molecule has 2 heterocycles. The van der Waals surface area contributed by atoms with Crippen molar-refractivity contribution in [3.8, 4) is 5.69 Å². The van der Waals surface area contributed by atoms with E-state index >= 15 is 0 Å². The van der Waals surface area contributed by atoms with Crippen LogP contribution < -0.4 is 11.3 Å². The summed E-state index contributed by atoms with van der Waals surface area (Å²) < 4.78 is 3.09. The summed E-state index contributed by atoms with van der Waals surface area (Å²) in [6, 6.07) is 5.81. The fourth-order valence-electron chi connectivity index (χ4n) is 2.18. The molecule has 118 valence electrons. The SMILES string of the molecule is Cc1ccc(-n2ccn3c(SCC(N)=O)nnc3c2=O)cc1C. The van der Waals surface area contributed by atoms with Crippen LogP contribution in [0.25, 0.3) is 11.3 Å². The van der Waals surface area contributed by atoms with Crippen LogP contribution >= 0.6 is 11.8 Å². The number of primary amides is 1. The number of carbonyl (C=O) groups excluding carboxylic acids is 1. The average Bonchev–Trinajstić information content (AvgIpc) is 2.92. The van der Waals surface area contributed by atoms with Gasteiger partial charge < -0.3 is 5.73 Å². The Kier molecular flexibility index (Phi) is 3.91. The quantitative estimate of drug-likeness (QED) is 0.723. The molecular formula is C15H15N5O2S. The van der Waals surface area contributed by atoms with Gasteiger partial charge in [-0.25, -0.2) is 0 Å². The van der Waals surface area contributed by atoms with Crippen molar-refractivity contribution in [1.29, 1.82) is 0 Å². The molecule has 0 aliphatic rings. The van der Waals surface area contributed by atoms with Gasteiger partial charge in [-0.3, -0.25) is 18.6 Å². The number of nitrogens with zero attached hydrogens (tertiary/aromatic N) is 4. The second kappa shape index (κ2) is 5.88. The normalized spacial score (nSPS) is 11.0. The summed E-state index contributed by atoms with van der Waals surface area (Å²) in [7, 11) is 0. The molecule has 23 heavy (non-hydrogen) atoms. The Hall–Kier alpha value is -2.61. The number of fused-ring (bicyclic) bond motifs is 1. The fourth-order valence-corrected chi connectivity index (χ4v) is 2.84. The number of benzene rings is 1. The molecule has 1 aromatic carbocycles. The first-order valence-electron chi connectivity index (χ1n) is 6.92. The zero-order chi connectivity index (χ0) is 16.6. The van der Waals surface area contributed by atoms with Gasteiger partial charge in [0.25, 0.3) is 0 Å². The highest BCUT2D eigenvalue weighted by molar-refractivity contribution is 7.99. The van der Waals surface area contributed by atoms with Crippen LogP contribution in [0.3, 0.4) is 0 Å². The van der Waals surface area contributed by atoms with E-state index < -0.39 is 5.91 Å². The Morgan fingerprint density at radius 1 is 1.22 bits per heavy atom. The van der Waals surface area contributed by atoms with Crippen LogP contribution in [-0.4, -0.2) is 30.8 Å². The van der Waals surface area contributed by atoms with Crippen molar-refractivity contribution in [2.45, 2.75) is 19.0 Å². The van der Waals surface area contributed by atoms with Crippen LogP contribution in [0.1, 0.15) is 11.1 Å². The fraction of sp³-hybridized carbons (Fsp3) is 0.200. The van der Waals surface area contributed by atoms with Gasteiger partial charge in [-0.1, -0.05) is 17.8 Å². The topological polar surface area (TPSA) is 95.3 Å². The lowest BCUT2D eigenvalue weighted by atomic mass is 10.1. The van der Waals surface area contributed by atoms with Gasteiger partial charge in [-0.05, 0) is 37.1 Å². The van der Waals surface area contributed by atoms with Gasteiger partial charge in [0.2, 0.25) is 11.6 Å². The van der Waals surface area contributed by atoms with Crippen LogP contribution in [-0.2, 0) is 4.79 Å². The largest absolute Gasteiger partial charge is 0.369 e. The molecule has 3 rings (SSSR count). The minimum absolute atomic E-state index is 0.0844. The van der Waals surface area contributed by atoms with E-state index in [1.807, 2.05) is 32.0 Å². The van der Waals surface area contributed by atoms with Crippen molar-refractivity contribution in [2.24, 2.45) is 5.73 Å². The number of hydrogen-bond acceptors (Lipinski definition) is 5. The van der Waals surface area contributed by atoms with Gasteiger partial charge in [0.05, 0.1) is 5.75 Å². The van der Waals surface area contributed by atoms with Gasteiger partial charge in [0, 0.05) is 18.1 Å². The number of nitrogens with two attached hydrogens (primary N) is 1.